The van der Waals surface area contributed by atoms with Gasteiger partial charge < -0.3 is 0 Å². The van der Waals surface area contributed by atoms with Crippen LogP contribution in [0.4, 0.5) is 0 Å². The van der Waals surface area contributed by atoms with E-state index in [1.807, 2.05) is 37.3 Å². The van der Waals surface area contributed by atoms with Gasteiger partial charge in [0, 0.05) is 11.5 Å². The smallest absolute Gasteiger partial charge is 0.166 e. The first-order valence-corrected chi connectivity index (χ1v) is 5.98. The van der Waals surface area contributed by atoms with Crippen molar-refractivity contribution in [3.63, 3.8) is 0 Å². The van der Waals surface area contributed by atoms with Crippen LogP contribution in [-0.2, 0) is 6.42 Å². The molecule has 0 aromatic heterocycles. The van der Waals surface area contributed by atoms with Crippen molar-refractivity contribution in [3.05, 3.63) is 59.7 Å². The maximum atomic E-state index is 11.8. The summed E-state index contributed by atoms with van der Waals surface area (Å²) in [5.74, 6) is 0.440. The molecule has 0 saturated heterocycles. The molecule has 0 radical (unpaired) electrons. The van der Waals surface area contributed by atoms with Crippen LogP contribution in [0.1, 0.15) is 22.8 Å². The zero-order valence-electron chi connectivity index (χ0n) is 9.81. The number of carbonyl (C=O) groups is 1. The standard InChI is InChI=1S/C16H14O/c1-11-9-14-10-13(7-8-15(14)16(11)17)12-5-3-2-4-6-12/h2-8,10-11H,9H2,1H3. The summed E-state index contributed by atoms with van der Waals surface area (Å²) in [6.07, 6.45) is 0.884. The molecule has 0 spiro atoms. The summed E-state index contributed by atoms with van der Waals surface area (Å²) in [6, 6.07) is 16.5. The van der Waals surface area contributed by atoms with E-state index >= 15 is 0 Å². The molecule has 0 aliphatic heterocycles. The second-order valence-corrected chi connectivity index (χ2v) is 4.71. The lowest BCUT2D eigenvalue weighted by Gasteiger charge is -2.04. The van der Waals surface area contributed by atoms with E-state index in [2.05, 4.69) is 18.2 Å². The number of hydrogen-bond acceptors (Lipinski definition) is 1. The first-order chi connectivity index (χ1) is 8.25. The molecule has 0 N–H and O–H groups in total. The second kappa shape index (κ2) is 3.85. The molecular weight excluding hydrogens is 208 g/mol. The van der Waals surface area contributed by atoms with E-state index in [1.54, 1.807) is 0 Å². The SMILES string of the molecule is CC1Cc2cc(-c3ccccc3)ccc2C1=O. The van der Waals surface area contributed by atoms with Gasteiger partial charge in [0.15, 0.2) is 5.78 Å². The quantitative estimate of drug-likeness (QED) is 0.718. The third-order valence-electron chi connectivity index (χ3n) is 3.45. The Kier molecular flexibility index (Phi) is 2.32. The highest BCUT2D eigenvalue weighted by Gasteiger charge is 2.26. The highest BCUT2D eigenvalue weighted by molar-refractivity contribution is 6.02. The first kappa shape index (κ1) is 10.3. The van der Waals surface area contributed by atoms with Crippen LogP contribution in [0.2, 0.25) is 0 Å². The van der Waals surface area contributed by atoms with Crippen LogP contribution < -0.4 is 0 Å². The van der Waals surface area contributed by atoms with E-state index in [0.717, 1.165) is 12.0 Å². The minimum Gasteiger partial charge on any atom is -0.294 e. The number of Topliss-reactive ketones (excluding diaryl/α,β-unsaturated/α-hetero) is 1. The number of benzene rings is 2. The Morgan fingerprint density at radius 2 is 1.76 bits per heavy atom. The average Bonchev–Trinajstić information content (AvgIpc) is 2.66. The fourth-order valence-corrected chi connectivity index (χ4v) is 2.50. The van der Waals surface area contributed by atoms with Crippen molar-refractivity contribution in [2.75, 3.05) is 0 Å². The third-order valence-corrected chi connectivity index (χ3v) is 3.45. The summed E-state index contributed by atoms with van der Waals surface area (Å²) in [5.41, 5.74) is 4.52. The number of hydrogen-bond donors (Lipinski definition) is 0. The zero-order valence-corrected chi connectivity index (χ0v) is 9.81. The minimum absolute atomic E-state index is 0.149. The summed E-state index contributed by atoms with van der Waals surface area (Å²) < 4.78 is 0. The summed E-state index contributed by atoms with van der Waals surface area (Å²) in [5, 5.41) is 0. The van der Waals surface area contributed by atoms with Crippen molar-refractivity contribution >= 4 is 5.78 Å². The van der Waals surface area contributed by atoms with Crippen molar-refractivity contribution in [1.82, 2.24) is 0 Å². The predicted octanol–water partition coefficient (Wildman–Crippen LogP) is 3.73. The lowest BCUT2D eigenvalue weighted by Crippen LogP contribution is -2.02. The Hall–Kier alpha value is -1.89. The maximum Gasteiger partial charge on any atom is 0.166 e. The van der Waals surface area contributed by atoms with E-state index in [1.165, 1.54) is 16.7 Å². The van der Waals surface area contributed by atoms with Gasteiger partial charge in [-0.2, -0.15) is 0 Å². The van der Waals surface area contributed by atoms with E-state index in [-0.39, 0.29) is 5.92 Å². The van der Waals surface area contributed by atoms with Crippen LogP contribution in [-0.4, -0.2) is 5.78 Å². The molecule has 1 aliphatic carbocycles. The molecule has 2 aromatic carbocycles. The van der Waals surface area contributed by atoms with Gasteiger partial charge in [-0.25, -0.2) is 0 Å². The van der Waals surface area contributed by atoms with Gasteiger partial charge in [0.05, 0.1) is 0 Å². The topological polar surface area (TPSA) is 17.1 Å². The van der Waals surface area contributed by atoms with Gasteiger partial charge in [0.25, 0.3) is 0 Å². The molecule has 0 bridgehead atoms. The lowest BCUT2D eigenvalue weighted by molar-refractivity contribution is 0.0946. The molecule has 0 saturated carbocycles. The number of ketones is 1. The number of carbonyl (C=O) groups excluding carboxylic acids is 1. The van der Waals surface area contributed by atoms with Crippen LogP contribution in [0.5, 0.6) is 0 Å². The third kappa shape index (κ3) is 1.68. The Morgan fingerprint density at radius 1 is 1.00 bits per heavy atom. The van der Waals surface area contributed by atoms with E-state index in [0.29, 0.717) is 5.78 Å². The molecule has 1 atom stereocenters. The number of fused-ring (bicyclic) bond motifs is 1. The van der Waals surface area contributed by atoms with Crippen LogP contribution >= 0.6 is 0 Å². The molecular formula is C16H14O. The molecule has 1 nitrogen and oxygen atoms in total. The zero-order chi connectivity index (χ0) is 11.8. The van der Waals surface area contributed by atoms with Gasteiger partial charge in [-0.1, -0.05) is 55.5 Å². The van der Waals surface area contributed by atoms with Crippen molar-refractivity contribution in [2.45, 2.75) is 13.3 Å². The first-order valence-electron chi connectivity index (χ1n) is 5.98. The fourth-order valence-electron chi connectivity index (χ4n) is 2.50. The Balaban J connectivity index is 2.07. The largest absolute Gasteiger partial charge is 0.294 e. The molecule has 0 amide bonds. The van der Waals surface area contributed by atoms with E-state index in [4.69, 9.17) is 0 Å². The van der Waals surface area contributed by atoms with Crippen LogP contribution in [0, 0.1) is 5.92 Å². The molecule has 1 heteroatoms. The van der Waals surface area contributed by atoms with Gasteiger partial charge >= 0.3 is 0 Å². The number of rotatable bonds is 1. The summed E-state index contributed by atoms with van der Waals surface area (Å²) in [4.78, 5) is 11.8. The highest BCUT2D eigenvalue weighted by Crippen LogP contribution is 2.30. The molecule has 3 rings (SSSR count). The molecule has 0 fully saturated rings. The summed E-state index contributed by atoms with van der Waals surface area (Å²) >= 11 is 0. The van der Waals surface area contributed by atoms with Crippen LogP contribution in [0.15, 0.2) is 48.5 Å². The molecule has 0 heterocycles. The van der Waals surface area contributed by atoms with Crippen molar-refractivity contribution in [2.24, 2.45) is 5.92 Å². The monoisotopic (exact) mass is 222 g/mol. The highest BCUT2D eigenvalue weighted by atomic mass is 16.1. The average molecular weight is 222 g/mol. The van der Waals surface area contributed by atoms with Gasteiger partial charge in [0.2, 0.25) is 0 Å². The Morgan fingerprint density at radius 3 is 2.53 bits per heavy atom. The van der Waals surface area contributed by atoms with Gasteiger partial charge in [-0.3, -0.25) is 4.79 Å². The summed E-state index contributed by atoms with van der Waals surface area (Å²) in [7, 11) is 0. The minimum atomic E-state index is 0.149. The molecule has 1 aliphatic rings. The van der Waals surface area contributed by atoms with Gasteiger partial charge in [0.1, 0.15) is 0 Å². The van der Waals surface area contributed by atoms with Gasteiger partial charge in [-0.05, 0) is 23.1 Å². The molecule has 2 aromatic rings. The summed E-state index contributed by atoms with van der Waals surface area (Å²) in [6.45, 7) is 2.00. The normalized spacial score (nSPS) is 18.2. The van der Waals surface area contributed by atoms with Crippen molar-refractivity contribution in [3.8, 4) is 11.1 Å². The maximum absolute atomic E-state index is 11.8. The van der Waals surface area contributed by atoms with E-state index < -0.39 is 0 Å². The Labute approximate surface area is 101 Å². The molecule has 84 valence electrons. The van der Waals surface area contributed by atoms with Gasteiger partial charge in [-0.15, -0.1) is 0 Å². The fraction of sp³-hybridized carbons (Fsp3) is 0.188. The van der Waals surface area contributed by atoms with Crippen molar-refractivity contribution < 1.29 is 4.79 Å². The van der Waals surface area contributed by atoms with Crippen LogP contribution in [0.3, 0.4) is 0 Å². The molecule has 17 heavy (non-hydrogen) atoms. The second-order valence-electron chi connectivity index (χ2n) is 4.71. The van der Waals surface area contributed by atoms with E-state index in [9.17, 15) is 4.79 Å². The van der Waals surface area contributed by atoms with Crippen molar-refractivity contribution in [1.29, 1.82) is 0 Å². The lowest BCUT2D eigenvalue weighted by atomic mass is 10.0. The predicted molar refractivity (Wildman–Crippen MR) is 69.1 cm³/mol. The van der Waals surface area contributed by atoms with Crippen LogP contribution in [0.25, 0.3) is 11.1 Å². The molecule has 1 unspecified atom stereocenters. The Bertz CT molecular complexity index is 569.